The van der Waals surface area contributed by atoms with E-state index in [2.05, 4.69) is 15.2 Å². The largest absolute Gasteiger partial charge is 0.489 e. The Labute approximate surface area is 184 Å². The van der Waals surface area contributed by atoms with Crippen LogP contribution in [0.2, 0.25) is 0 Å². The summed E-state index contributed by atoms with van der Waals surface area (Å²) in [6.45, 7) is 4.33. The molecule has 1 aliphatic rings. The molecule has 8 heteroatoms. The van der Waals surface area contributed by atoms with Crippen molar-refractivity contribution in [1.82, 2.24) is 19.6 Å². The molecule has 1 aliphatic heterocycles. The fourth-order valence-electron chi connectivity index (χ4n) is 3.91. The second kappa shape index (κ2) is 8.03. The zero-order chi connectivity index (χ0) is 21.4. The van der Waals surface area contributed by atoms with Gasteiger partial charge in [-0.05, 0) is 37.6 Å². The molecule has 4 aromatic rings. The Morgan fingerprint density at radius 3 is 2.71 bits per heavy atom. The molecule has 2 aromatic heterocycles. The first kappa shape index (κ1) is 19.6. The van der Waals surface area contributed by atoms with E-state index in [1.54, 1.807) is 0 Å². The van der Waals surface area contributed by atoms with Crippen molar-refractivity contribution in [3.8, 4) is 5.75 Å². The average molecular weight is 432 g/mol. The van der Waals surface area contributed by atoms with E-state index in [4.69, 9.17) is 4.74 Å². The van der Waals surface area contributed by atoms with Crippen molar-refractivity contribution in [1.29, 1.82) is 0 Å². The quantitative estimate of drug-likeness (QED) is 0.455. The highest BCUT2D eigenvalue weighted by Gasteiger charge is 2.33. The first-order valence-corrected chi connectivity index (χ1v) is 11.0. The van der Waals surface area contributed by atoms with E-state index in [1.807, 2.05) is 83.8 Å². The Kier molecular flexibility index (Phi) is 5.07. The summed E-state index contributed by atoms with van der Waals surface area (Å²) < 4.78 is 7.85. The van der Waals surface area contributed by atoms with Gasteiger partial charge in [0.1, 0.15) is 12.4 Å². The van der Waals surface area contributed by atoms with Crippen molar-refractivity contribution in [2.45, 2.75) is 25.0 Å². The van der Waals surface area contributed by atoms with Crippen LogP contribution in [0, 0.1) is 13.8 Å². The molecule has 1 atom stereocenters. The van der Waals surface area contributed by atoms with Crippen LogP contribution in [0.3, 0.4) is 0 Å². The molecule has 0 fully saturated rings. The molecule has 5 rings (SSSR count). The lowest BCUT2D eigenvalue weighted by Crippen LogP contribution is -2.42. The highest BCUT2D eigenvalue weighted by molar-refractivity contribution is 7.99. The second-order valence-corrected chi connectivity index (χ2v) is 8.36. The van der Waals surface area contributed by atoms with Gasteiger partial charge in [-0.2, -0.15) is 0 Å². The molecule has 31 heavy (non-hydrogen) atoms. The van der Waals surface area contributed by atoms with Gasteiger partial charge < -0.3 is 4.74 Å². The number of aromatic nitrogens is 4. The topological polar surface area (TPSA) is 72.6 Å². The van der Waals surface area contributed by atoms with Crippen LogP contribution in [0.5, 0.6) is 5.75 Å². The summed E-state index contributed by atoms with van der Waals surface area (Å²) in [5.74, 6) is 1.48. The number of carbonyl (C=O) groups is 1. The minimum Gasteiger partial charge on any atom is -0.489 e. The molecule has 156 valence electrons. The first-order chi connectivity index (χ1) is 15.1. The number of carbonyl (C=O) groups excluding carboxylic acids is 1. The normalized spacial score (nSPS) is 15.5. The number of aryl methyl sites for hydroxylation is 2. The fourth-order valence-corrected chi connectivity index (χ4v) is 4.75. The molecule has 3 heterocycles. The van der Waals surface area contributed by atoms with Gasteiger partial charge in [-0.3, -0.25) is 14.1 Å². The number of amides is 1. The van der Waals surface area contributed by atoms with E-state index in [1.165, 1.54) is 11.8 Å². The Morgan fingerprint density at radius 2 is 1.87 bits per heavy atom. The van der Waals surface area contributed by atoms with Crippen LogP contribution in [0.4, 0.5) is 5.69 Å². The average Bonchev–Trinajstić information content (AvgIpc) is 3.20. The summed E-state index contributed by atoms with van der Waals surface area (Å²) in [5, 5.41) is 9.08. The molecule has 1 unspecified atom stereocenters. The van der Waals surface area contributed by atoms with Crippen molar-refractivity contribution >= 4 is 29.1 Å². The third kappa shape index (κ3) is 3.63. The summed E-state index contributed by atoms with van der Waals surface area (Å²) in [7, 11) is 0. The number of rotatable bonds is 4. The monoisotopic (exact) mass is 431 g/mol. The Hall–Kier alpha value is -3.39. The summed E-state index contributed by atoms with van der Waals surface area (Å²) in [6, 6.07) is 19.4. The third-order valence-electron chi connectivity index (χ3n) is 5.27. The third-order valence-corrected chi connectivity index (χ3v) is 6.19. The Balaban J connectivity index is 1.45. The molecule has 0 spiro atoms. The van der Waals surface area contributed by atoms with Gasteiger partial charge in [0.15, 0.2) is 5.16 Å². The van der Waals surface area contributed by atoms with Gasteiger partial charge in [0, 0.05) is 11.4 Å². The second-order valence-electron chi connectivity index (χ2n) is 7.41. The van der Waals surface area contributed by atoms with Crippen molar-refractivity contribution in [2.75, 3.05) is 17.3 Å². The number of fused-ring (bicyclic) bond motifs is 2. The first-order valence-electron chi connectivity index (χ1n) is 10.0. The van der Waals surface area contributed by atoms with E-state index in [9.17, 15) is 4.79 Å². The zero-order valence-corrected chi connectivity index (χ0v) is 18.0. The summed E-state index contributed by atoms with van der Waals surface area (Å²) in [6.07, 6.45) is 0. The van der Waals surface area contributed by atoms with Gasteiger partial charge in [0.2, 0.25) is 5.91 Å². The summed E-state index contributed by atoms with van der Waals surface area (Å²) in [5.41, 5.74) is 3.70. The number of para-hydroxylation sites is 2. The summed E-state index contributed by atoms with van der Waals surface area (Å²) >= 11 is 1.37. The highest BCUT2D eigenvalue weighted by Crippen LogP contribution is 2.39. The number of thioether (sulfide) groups is 1. The van der Waals surface area contributed by atoms with Crippen LogP contribution in [-0.2, 0) is 4.79 Å². The molecule has 0 aliphatic carbocycles. The van der Waals surface area contributed by atoms with Crippen LogP contribution >= 0.6 is 11.8 Å². The maximum atomic E-state index is 13.5. The zero-order valence-electron chi connectivity index (χ0n) is 17.2. The molecule has 0 bridgehead atoms. The maximum absolute atomic E-state index is 13.5. The van der Waals surface area contributed by atoms with Gasteiger partial charge in [0.25, 0.3) is 5.78 Å². The lowest BCUT2D eigenvalue weighted by molar-refractivity contribution is -0.117. The number of ether oxygens (including phenoxy) is 1. The molecule has 0 N–H and O–H groups in total. The Morgan fingerprint density at radius 1 is 1.10 bits per heavy atom. The predicted octanol–water partition coefficient (Wildman–Crippen LogP) is 4.00. The minimum absolute atomic E-state index is 0.0101. The van der Waals surface area contributed by atoms with E-state index in [0.717, 1.165) is 28.4 Å². The van der Waals surface area contributed by atoms with E-state index < -0.39 is 0 Å². The fraction of sp³-hybridized carbons (Fsp3) is 0.217. The molecule has 2 aromatic carbocycles. The smallest absolute Gasteiger partial charge is 0.256 e. The van der Waals surface area contributed by atoms with Gasteiger partial charge >= 0.3 is 0 Å². The molecule has 0 radical (unpaired) electrons. The predicted molar refractivity (Wildman–Crippen MR) is 120 cm³/mol. The van der Waals surface area contributed by atoms with Gasteiger partial charge in [-0.25, -0.2) is 4.98 Å². The van der Waals surface area contributed by atoms with Crippen molar-refractivity contribution < 1.29 is 9.53 Å². The van der Waals surface area contributed by atoms with E-state index in [-0.39, 0.29) is 17.7 Å². The highest BCUT2D eigenvalue weighted by atomic mass is 32.2. The van der Waals surface area contributed by atoms with Crippen molar-refractivity contribution in [2.24, 2.45) is 0 Å². The number of anilines is 1. The van der Waals surface area contributed by atoms with Crippen LogP contribution < -0.4 is 9.64 Å². The van der Waals surface area contributed by atoms with Crippen molar-refractivity contribution in [3.05, 3.63) is 77.6 Å². The Bertz CT molecular complexity index is 1260. The van der Waals surface area contributed by atoms with Gasteiger partial charge in [-0.1, -0.05) is 54.2 Å². The molecular formula is C23H21N5O2S. The minimum atomic E-state index is -0.189. The molecular weight excluding hydrogens is 410 g/mol. The summed E-state index contributed by atoms with van der Waals surface area (Å²) in [4.78, 5) is 19.8. The number of hydrogen-bond acceptors (Lipinski definition) is 6. The SMILES string of the molecule is Cc1cc(C)n2c(SCC(=O)N3c4ccccc4OCC3c3ccccc3)nnc2n1. The van der Waals surface area contributed by atoms with Gasteiger partial charge in [-0.15, -0.1) is 10.2 Å². The van der Waals surface area contributed by atoms with Crippen LogP contribution in [0.1, 0.15) is 23.0 Å². The lowest BCUT2D eigenvalue weighted by atomic mass is 10.0. The number of hydrogen-bond donors (Lipinski definition) is 0. The van der Waals surface area contributed by atoms with Gasteiger partial charge in [0.05, 0.1) is 17.5 Å². The number of nitrogens with zero attached hydrogens (tertiary/aromatic N) is 5. The molecule has 0 saturated heterocycles. The van der Waals surface area contributed by atoms with E-state index in [0.29, 0.717) is 17.5 Å². The van der Waals surface area contributed by atoms with Crippen LogP contribution in [0.15, 0.2) is 65.8 Å². The van der Waals surface area contributed by atoms with Crippen molar-refractivity contribution in [3.63, 3.8) is 0 Å². The van der Waals surface area contributed by atoms with Crippen LogP contribution in [-0.4, -0.2) is 37.8 Å². The number of benzene rings is 2. The van der Waals surface area contributed by atoms with E-state index >= 15 is 0 Å². The molecule has 1 amide bonds. The molecule has 0 saturated carbocycles. The maximum Gasteiger partial charge on any atom is 0.256 e. The lowest BCUT2D eigenvalue weighted by Gasteiger charge is -2.37. The standard InChI is InChI=1S/C23H21N5O2S/c1-15-12-16(2)27-22(24-15)25-26-23(27)31-14-21(29)28-18-10-6-7-11-20(18)30-13-19(28)17-8-4-3-5-9-17/h3-12,19H,13-14H2,1-2H3. The molecule has 7 nitrogen and oxygen atoms in total. The van der Waals surface area contributed by atoms with Crippen LogP contribution in [0.25, 0.3) is 5.78 Å².